The molecule has 0 spiro atoms. The molecule has 0 heterocycles. The molecule has 0 bridgehead atoms. The summed E-state index contributed by atoms with van der Waals surface area (Å²) in [5.41, 5.74) is 1.45. The van der Waals surface area contributed by atoms with Crippen LogP contribution >= 0.6 is 0 Å². The van der Waals surface area contributed by atoms with E-state index in [2.05, 4.69) is 56.8 Å². The Morgan fingerprint density at radius 2 is 1.87 bits per heavy atom. The molecule has 2 atom stereocenters. The largest absolute Gasteiger partial charge is 0.103 e. The first-order valence-corrected chi connectivity index (χ1v) is 5.90. The molecule has 2 unspecified atom stereocenters. The zero-order valence-corrected chi connectivity index (χ0v) is 9.95. The van der Waals surface area contributed by atoms with Crippen LogP contribution in [-0.4, -0.2) is 0 Å². The molecule has 0 N–H and O–H groups in total. The van der Waals surface area contributed by atoms with Crippen molar-refractivity contribution in [1.82, 2.24) is 0 Å². The summed E-state index contributed by atoms with van der Waals surface area (Å²) in [5, 5.41) is 0. The Hall–Kier alpha value is -1.04. The Kier molecular flexibility index (Phi) is 5.17. The summed E-state index contributed by atoms with van der Waals surface area (Å²) in [7, 11) is 0. The monoisotopic (exact) mass is 202 g/mol. The zero-order valence-electron chi connectivity index (χ0n) is 9.95. The van der Waals surface area contributed by atoms with E-state index in [0.29, 0.717) is 5.92 Å². The van der Waals surface area contributed by atoms with Gasteiger partial charge in [0.05, 0.1) is 0 Å². The molecule has 82 valence electrons. The fraction of sp³-hybridized carbons (Fsp3) is 0.467. The van der Waals surface area contributed by atoms with Crippen LogP contribution in [0.15, 0.2) is 43.0 Å². The van der Waals surface area contributed by atoms with Crippen molar-refractivity contribution >= 4 is 0 Å². The van der Waals surface area contributed by atoms with Gasteiger partial charge in [-0.05, 0) is 36.7 Å². The standard InChI is InChI=1S/C15H22/c1-4-13(2)14(3)9-8-12-15-10-6-5-7-11-15/h4-7,10-11,13-14H,1,8-9,12H2,2-3H3. The molecule has 1 rings (SSSR count). The second-order valence-electron chi connectivity index (χ2n) is 4.45. The highest BCUT2D eigenvalue weighted by atomic mass is 14.1. The van der Waals surface area contributed by atoms with Crippen molar-refractivity contribution in [2.24, 2.45) is 11.8 Å². The highest BCUT2D eigenvalue weighted by Crippen LogP contribution is 2.18. The van der Waals surface area contributed by atoms with Gasteiger partial charge in [-0.3, -0.25) is 0 Å². The van der Waals surface area contributed by atoms with Crippen molar-refractivity contribution < 1.29 is 0 Å². The number of allylic oxidation sites excluding steroid dienone is 1. The summed E-state index contributed by atoms with van der Waals surface area (Å²) >= 11 is 0. The lowest BCUT2D eigenvalue weighted by atomic mass is 9.90. The average molecular weight is 202 g/mol. The van der Waals surface area contributed by atoms with Crippen LogP contribution in [0.5, 0.6) is 0 Å². The second kappa shape index (κ2) is 6.44. The van der Waals surface area contributed by atoms with Gasteiger partial charge < -0.3 is 0 Å². The van der Waals surface area contributed by atoms with Crippen molar-refractivity contribution in [3.05, 3.63) is 48.6 Å². The quantitative estimate of drug-likeness (QED) is 0.597. The van der Waals surface area contributed by atoms with Gasteiger partial charge in [0.1, 0.15) is 0 Å². The maximum atomic E-state index is 3.85. The van der Waals surface area contributed by atoms with E-state index < -0.39 is 0 Å². The van der Waals surface area contributed by atoms with Crippen LogP contribution in [0.25, 0.3) is 0 Å². The normalized spacial score (nSPS) is 14.5. The Bertz CT molecular complexity index is 273. The summed E-state index contributed by atoms with van der Waals surface area (Å²) < 4.78 is 0. The van der Waals surface area contributed by atoms with Crippen LogP contribution < -0.4 is 0 Å². The minimum atomic E-state index is 0.640. The minimum absolute atomic E-state index is 0.640. The molecule has 1 aromatic rings. The van der Waals surface area contributed by atoms with E-state index in [1.165, 1.54) is 24.8 Å². The molecule has 0 saturated heterocycles. The highest BCUT2D eigenvalue weighted by molar-refractivity contribution is 5.14. The highest BCUT2D eigenvalue weighted by Gasteiger charge is 2.07. The molecule has 0 aliphatic carbocycles. The molecule has 0 aliphatic rings. The third-order valence-electron chi connectivity index (χ3n) is 3.24. The van der Waals surface area contributed by atoms with E-state index >= 15 is 0 Å². The number of aryl methyl sites for hydroxylation is 1. The molecule has 0 fully saturated rings. The maximum Gasteiger partial charge on any atom is -0.0239 e. The summed E-state index contributed by atoms with van der Waals surface area (Å²) in [6.07, 6.45) is 5.84. The molecule has 15 heavy (non-hydrogen) atoms. The smallest absolute Gasteiger partial charge is 0.0239 e. The van der Waals surface area contributed by atoms with E-state index in [-0.39, 0.29) is 0 Å². The molecule has 0 heteroatoms. The van der Waals surface area contributed by atoms with Gasteiger partial charge in [-0.1, -0.05) is 50.3 Å². The number of rotatable bonds is 6. The van der Waals surface area contributed by atoms with Crippen molar-refractivity contribution in [2.75, 3.05) is 0 Å². The molecule has 0 nitrogen and oxygen atoms in total. The van der Waals surface area contributed by atoms with Crippen LogP contribution in [-0.2, 0) is 6.42 Å². The predicted molar refractivity (Wildman–Crippen MR) is 67.9 cm³/mol. The van der Waals surface area contributed by atoms with Gasteiger partial charge in [0.2, 0.25) is 0 Å². The predicted octanol–water partition coefficient (Wildman–Crippen LogP) is 4.47. The van der Waals surface area contributed by atoms with Crippen LogP contribution in [0, 0.1) is 11.8 Å². The van der Waals surface area contributed by atoms with E-state index in [1.807, 2.05) is 0 Å². The lowest BCUT2D eigenvalue weighted by Crippen LogP contribution is -2.05. The summed E-state index contributed by atoms with van der Waals surface area (Å²) in [6, 6.07) is 10.7. The third kappa shape index (κ3) is 4.33. The van der Waals surface area contributed by atoms with E-state index in [4.69, 9.17) is 0 Å². The molecule has 0 radical (unpaired) electrons. The Morgan fingerprint density at radius 3 is 2.47 bits per heavy atom. The first-order valence-electron chi connectivity index (χ1n) is 5.90. The van der Waals surface area contributed by atoms with Crippen LogP contribution in [0.2, 0.25) is 0 Å². The van der Waals surface area contributed by atoms with Crippen LogP contribution in [0.3, 0.4) is 0 Å². The Morgan fingerprint density at radius 1 is 1.20 bits per heavy atom. The summed E-state index contributed by atoms with van der Waals surface area (Å²) in [5.74, 6) is 1.40. The zero-order chi connectivity index (χ0) is 11.1. The van der Waals surface area contributed by atoms with Crippen molar-refractivity contribution in [3.63, 3.8) is 0 Å². The summed E-state index contributed by atoms with van der Waals surface area (Å²) in [4.78, 5) is 0. The van der Waals surface area contributed by atoms with Crippen molar-refractivity contribution in [2.45, 2.75) is 33.1 Å². The molecular formula is C15H22. The number of benzene rings is 1. The molecule has 0 saturated carbocycles. The van der Waals surface area contributed by atoms with E-state index in [1.54, 1.807) is 0 Å². The molecule has 0 aromatic heterocycles. The average Bonchev–Trinajstić information content (AvgIpc) is 2.29. The lowest BCUT2D eigenvalue weighted by molar-refractivity contribution is 0.416. The SMILES string of the molecule is C=CC(C)C(C)CCCc1ccccc1. The van der Waals surface area contributed by atoms with Crippen LogP contribution in [0.4, 0.5) is 0 Å². The van der Waals surface area contributed by atoms with Crippen molar-refractivity contribution in [1.29, 1.82) is 0 Å². The Labute approximate surface area is 94.0 Å². The second-order valence-corrected chi connectivity index (χ2v) is 4.45. The van der Waals surface area contributed by atoms with E-state index in [9.17, 15) is 0 Å². The topological polar surface area (TPSA) is 0 Å². The third-order valence-corrected chi connectivity index (χ3v) is 3.24. The first-order chi connectivity index (χ1) is 7.24. The Balaban J connectivity index is 2.25. The molecule has 0 amide bonds. The van der Waals surface area contributed by atoms with Gasteiger partial charge in [0, 0.05) is 0 Å². The van der Waals surface area contributed by atoms with Gasteiger partial charge >= 0.3 is 0 Å². The van der Waals surface area contributed by atoms with Gasteiger partial charge in [-0.15, -0.1) is 6.58 Å². The minimum Gasteiger partial charge on any atom is -0.103 e. The van der Waals surface area contributed by atoms with Crippen molar-refractivity contribution in [3.8, 4) is 0 Å². The van der Waals surface area contributed by atoms with Gasteiger partial charge in [0.15, 0.2) is 0 Å². The molecule has 0 aliphatic heterocycles. The fourth-order valence-electron chi connectivity index (χ4n) is 1.77. The number of hydrogen-bond donors (Lipinski definition) is 0. The fourth-order valence-corrected chi connectivity index (χ4v) is 1.77. The van der Waals surface area contributed by atoms with Gasteiger partial charge in [-0.2, -0.15) is 0 Å². The van der Waals surface area contributed by atoms with Gasteiger partial charge in [-0.25, -0.2) is 0 Å². The summed E-state index contributed by atoms with van der Waals surface area (Å²) in [6.45, 7) is 8.41. The van der Waals surface area contributed by atoms with Crippen LogP contribution in [0.1, 0.15) is 32.3 Å². The van der Waals surface area contributed by atoms with E-state index in [0.717, 1.165) is 5.92 Å². The lowest BCUT2D eigenvalue weighted by Gasteiger charge is -2.15. The molecular weight excluding hydrogens is 180 g/mol. The van der Waals surface area contributed by atoms with Gasteiger partial charge in [0.25, 0.3) is 0 Å². The maximum absolute atomic E-state index is 3.85. The first kappa shape index (κ1) is 12.0. The molecule has 1 aromatic carbocycles. The number of hydrogen-bond acceptors (Lipinski definition) is 0.